The van der Waals surface area contributed by atoms with E-state index in [2.05, 4.69) is 17.2 Å². The minimum absolute atomic E-state index is 0.0618. The number of amides is 1. The summed E-state index contributed by atoms with van der Waals surface area (Å²) < 4.78 is 3.76. The van der Waals surface area contributed by atoms with Gasteiger partial charge < -0.3 is 4.90 Å². The summed E-state index contributed by atoms with van der Waals surface area (Å²) in [5.74, 6) is 0.0618. The lowest BCUT2D eigenvalue weighted by atomic mass is 10.0. The SMILES string of the molecule is CCn1cc(C(=O)N2CCc3c(-c4ccccc4)nn(C)c3CC2)cn1. The van der Waals surface area contributed by atoms with Gasteiger partial charge in [0.2, 0.25) is 0 Å². The third-order valence-corrected chi connectivity index (χ3v) is 5.06. The van der Waals surface area contributed by atoms with E-state index in [1.165, 1.54) is 11.3 Å². The van der Waals surface area contributed by atoms with E-state index in [4.69, 9.17) is 5.10 Å². The molecule has 3 aromatic rings. The van der Waals surface area contributed by atoms with Gasteiger partial charge in [-0.3, -0.25) is 14.2 Å². The number of carbonyl (C=O) groups excluding carboxylic acids is 1. The van der Waals surface area contributed by atoms with E-state index < -0.39 is 0 Å². The van der Waals surface area contributed by atoms with Crippen molar-refractivity contribution in [3.8, 4) is 11.3 Å². The number of carbonyl (C=O) groups is 1. The molecule has 0 saturated carbocycles. The largest absolute Gasteiger partial charge is 0.338 e. The third kappa shape index (κ3) is 2.92. The Kier molecular flexibility index (Phi) is 4.32. The molecular formula is C20H23N5O. The zero-order chi connectivity index (χ0) is 18.1. The van der Waals surface area contributed by atoms with Gasteiger partial charge in [0.05, 0.1) is 17.5 Å². The maximum atomic E-state index is 12.8. The number of rotatable bonds is 3. The Morgan fingerprint density at radius 1 is 1.15 bits per heavy atom. The first-order valence-corrected chi connectivity index (χ1v) is 9.09. The first-order chi connectivity index (χ1) is 12.7. The molecule has 26 heavy (non-hydrogen) atoms. The minimum Gasteiger partial charge on any atom is -0.338 e. The van der Waals surface area contributed by atoms with E-state index in [-0.39, 0.29) is 5.91 Å². The Bertz CT molecular complexity index is 925. The van der Waals surface area contributed by atoms with Crippen molar-refractivity contribution in [1.82, 2.24) is 24.5 Å². The highest BCUT2D eigenvalue weighted by molar-refractivity contribution is 5.93. The Labute approximate surface area is 153 Å². The van der Waals surface area contributed by atoms with Crippen LogP contribution in [0, 0.1) is 0 Å². The standard InChI is InChI=1S/C20H23N5O/c1-3-25-14-16(13-21-25)20(26)24-11-9-17-18(10-12-24)23(2)22-19(17)15-7-5-4-6-8-15/h4-8,13-14H,3,9-12H2,1-2H3. The molecule has 0 bridgehead atoms. The van der Waals surface area contributed by atoms with Crippen LogP contribution in [-0.2, 0) is 26.4 Å². The molecule has 6 nitrogen and oxygen atoms in total. The predicted molar refractivity (Wildman–Crippen MR) is 99.9 cm³/mol. The van der Waals surface area contributed by atoms with Crippen LogP contribution < -0.4 is 0 Å². The number of hydrogen-bond acceptors (Lipinski definition) is 3. The number of aryl methyl sites for hydroxylation is 2. The van der Waals surface area contributed by atoms with Gasteiger partial charge >= 0.3 is 0 Å². The Morgan fingerprint density at radius 2 is 1.92 bits per heavy atom. The van der Waals surface area contributed by atoms with E-state index in [0.29, 0.717) is 18.7 Å². The molecule has 0 spiro atoms. The van der Waals surface area contributed by atoms with Gasteiger partial charge in [0.15, 0.2) is 0 Å². The van der Waals surface area contributed by atoms with Crippen molar-refractivity contribution in [2.45, 2.75) is 26.3 Å². The predicted octanol–water partition coefficient (Wildman–Crippen LogP) is 2.54. The second-order valence-corrected chi connectivity index (χ2v) is 6.64. The fourth-order valence-electron chi connectivity index (χ4n) is 3.64. The fourth-order valence-corrected chi connectivity index (χ4v) is 3.64. The summed E-state index contributed by atoms with van der Waals surface area (Å²) in [4.78, 5) is 14.8. The van der Waals surface area contributed by atoms with Gasteiger partial charge in [-0.05, 0) is 13.3 Å². The molecule has 0 radical (unpaired) electrons. The van der Waals surface area contributed by atoms with Gasteiger partial charge in [0, 0.05) is 56.1 Å². The van der Waals surface area contributed by atoms with Gasteiger partial charge in [-0.25, -0.2) is 0 Å². The molecule has 1 aliphatic rings. The fraction of sp³-hybridized carbons (Fsp3) is 0.350. The number of nitrogens with zero attached hydrogens (tertiary/aromatic N) is 5. The average molecular weight is 349 g/mol. The second-order valence-electron chi connectivity index (χ2n) is 6.64. The van der Waals surface area contributed by atoms with Crippen molar-refractivity contribution in [2.75, 3.05) is 13.1 Å². The minimum atomic E-state index is 0.0618. The quantitative estimate of drug-likeness (QED) is 0.730. The molecule has 2 aromatic heterocycles. The van der Waals surface area contributed by atoms with Gasteiger partial charge in [-0.15, -0.1) is 0 Å². The summed E-state index contributed by atoms with van der Waals surface area (Å²) in [6.45, 7) is 4.19. The van der Waals surface area contributed by atoms with Crippen LogP contribution in [-0.4, -0.2) is 43.5 Å². The van der Waals surface area contributed by atoms with Crippen LogP contribution in [0.3, 0.4) is 0 Å². The van der Waals surface area contributed by atoms with Crippen molar-refractivity contribution < 1.29 is 4.79 Å². The van der Waals surface area contributed by atoms with Crippen molar-refractivity contribution in [1.29, 1.82) is 0 Å². The van der Waals surface area contributed by atoms with E-state index in [1.807, 2.05) is 47.9 Å². The van der Waals surface area contributed by atoms with Crippen LogP contribution >= 0.6 is 0 Å². The molecule has 3 heterocycles. The van der Waals surface area contributed by atoms with Gasteiger partial charge in [0.25, 0.3) is 5.91 Å². The summed E-state index contributed by atoms with van der Waals surface area (Å²) in [5.41, 5.74) is 5.32. The highest BCUT2D eigenvalue weighted by Crippen LogP contribution is 2.28. The zero-order valence-corrected chi connectivity index (χ0v) is 15.2. The molecule has 0 aliphatic carbocycles. The molecule has 0 fully saturated rings. The first kappa shape index (κ1) is 16.6. The van der Waals surface area contributed by atoms with Crippen LogP contribution in [0.4, 0.5) is 0 Å². The van der Waals surface area contributed by atoms with Gasteiger partial charge in [-0.2, -0.15) is 10.2 Å². The lowest BCUT2D eigenvalue weighted by Gasteiger charge is -2.19. The van der Waals surface area contributed by atoms with Crippen molar-refractivity contribution in [2.24, 2.45) is 7.05 Å². The summed E-state index contributed by atoms with van der Waals surface area (Å²) in [7, 11) is 1.99. The topological polar surface area (TPSA) is 56.0 Å². The second kappa shape index (κ2) is 6.78. The summed E-state index contributed by atoms with van der Waals surface area (Å²) in [5, 5.41) is 8.97. The molecule has 0 saturated heterocycles. The van der Waals surface area contributed by atoms with Crippen LogP contribution in [0.15, 0.2) is 42.7 Å². The summed E-state index contributed by atoms with van der Waals surface area (Å²) >= 11 is 0. The molecule has 1 aliphatic heterocycles. The highest BCUT2D eigenvalue weighted by Gasteiger charge is 2.25. The maximum Gasteiger partial charge on any atom is 0.257 e. The number of aromatic nitrogens is 4. The lowest BCUT2D eigenvalue weighted by Crippen LogP contribution is -2.33. The summed E-state index contributed by atoms with van der Waals surface area (Å²) in [6, 6.07) is 10.3. The van der Waals surface area contributed by atoms with Crippen LogP contribution in [0.1, 0.15) is 28.5 Å². The Balaban J connectivity index is 1.59. The monoisotopic (exact) mass is 349 g/mol. The maximum absolute atomic E-state index is 12.8. The van der Waals surface area contributed by atoms with E-state index >= 15 is 0 Å². The van der Waals surface area contributed by atoms with Gasteiger partial charge in [0.1, 0.15) is 0 Å². The summed E-state index contributed by atoms with van der Waals surface area (Å²) in [6.07, 6.45) is 5.14. The lowest BCUT2D eigenvalue weighted by molar-refractivity contribution is 0.0762. The normalized spacial score (nSPS) is 14.2. The number of hydrogen-bond donors (Lipinski definition) is 0. The van der Waals surface area contributed by atoms with Crippen LogP contribution in [0.5, 0.6) is 0 Å². The van der Waals surface area contributed by atoms with Crippen molar-refractivity contribution in [3.05, 3.63) is 59.5 Å². The van der Waals surface area contributed by atoms with Crippen LogP contribution in [0.2, 0.25) is 0 Å². The molecule has 6 heteroatoms. The molecular weight excluding hydrogens is 326 g/mol. The smallest absolute Gasteiger partial charge is 0.257 e. The third-order valence-electron chi connectivity index (χ3n) is 5.06. The van der Waals surface area contributed by atoms with Crippen LogP contribution in [0.25, 0.3) is 11.3 Å². The molecule has 1 aromatic carbocycles. The van der Waals surface area contributed by atoms with E-state index in [0.717, 1.165) is 30.6 Å². The van der Waals surface area contributed by atoms with E-state index in [1.54, 1.807) is 10.9 Å². The van der Waals surface area contributed by atoms with Gasteiger partial charge in [-0.1, -0.05) is 30.3 Å². The molecule has 1 amide bonds. The molecule has 4 rings (SSSR count). The molecule has 0 unspecified atom stereocenters. The van der Waals surface area contributed by atoms with Crippen molar-refractivity contribution in [3.63, 3.8) is 0 Å². The molecule has 0 N–H and O–H groups in total. The Hall–Kier alpha value is -2.89. The Morgan fingerprint density at radius 3 is 2.65 bits per heavy atom. The average Bonchev–Trinajstić information content (AvgIpc) is 3.20. The molecule has 134 valence electrons. The van der Waals surface area contributed by atoms with Crippen molar-refractivity contribution >= 4 is 5.91 Å². The first-order valence-electron chi connectivity index (χ1n) is 9.09. The highest BCUT2D eigenvalue weighted by atomic mass is 16.2. The number of fused-ring (bicyclic) bond motifs is 1. The molecule has 0 atom stereocenters. The van der Waals surface area contributed by atoms with E-state index in [9.17, 15) is 4.79 Å². The number of benzene rings is 1. The zero-order valence-electron chi connectivity index (χ0n) is 15.2.